The molecule has 1 atom stereocenters. The maximum absolute atomic E-state index is 10.8. The lowest BCUT2D eigenvalue weighted by Gasteiger charge is -2.37. The molecule has 5 rings (SSSR count). The summed E-state index contributed by atoms with van der Waals surface area (Å²) >= 11 is 6.72. The molecule has 1 unspecified atom stereocenters. The Kier molecular flexibility index (Phi) is 7.06. The minimum Gasteiger partial charge on any atom is -0.506 e. The Morgan fingerprint density at radius 1 is 1.09 bits per heavy atom. The van der Waals surface area contributed by atoms with E-state index in [0.29, 0.717) is 24.4 Å². The van der Waals surface area contributed by atoms with Crippen LogP contribution in [0.2, 0.25) is 5.02 Å². The number of rotatable bonds is 5. The van der Waals surface area contributed by atoms with Crippen molar-refractivity contribution in [1.82, 2.24) is 10.2 Å². The second kappa shape index (κ2) is 10.2. The maximum Gasteiger partial charge on any atom is 0.139 e. The lowest BCUT2D eigenvalue weighted by molar-refractivity contribution is 0.139. The van der Waals surface area contributed by atoms with Crippen LogP contribution in [0.5, 0.6) is 5.75 Å². The predicted molar refractivity (Wildman–Crippen MR) is 147 cm³/mol. The van der Waals surface area contributed by atoms with E-state index in [9.17, 15) is 5.11 Å². The van der Waals surface area contributed by atoms with E-state index < -0.39 is 0 Å². The standard InChI is InChI=1S/C30H36ClN3O/c1-20(2)33-13-7-9-22(18-33)14-23-15-25(24-10-4-5-11-27(24)31)26-17-32-19-34(28(26)16-23)30-21(3)8-6-12-29(30)35/h4-6,8,10-12,15-16,20,22,32,35H,7,9,13-14,17-19H2,1-3H3. The van der Waals surface area contributed by atoms with Crippen LogP contribution in [0.3, 0.4) is 0 Å². The first kappa shape index (κ1) is 24.2. The SMILES string of the molecule is Cc1cccc(O)c1N1CNCc2c(-c3ccccc3Cl)cc(CC3CCCN(C(C)C)C3)cc21. The molecule has 0 saturated carbocycles. The number of phenols is 1. The van der Waals surface area contributed by atoms with Crippen LogP contribution in [-0.2, 0) is 13.0 Å². The molecule has 1 saturated heterocycles. The number of anilines is 2. The number of hydrogen-bond acceptors (Lipinski definition) is 4. The zero-order chi connectivity index (χ0) is 24.5. The number of nitrogens with zero attached hydrogens (tertiary/aromatic N) is 2. The Bertz CT molecular complexity index is 1190. The molecule has 4 nitrogen and oxygen atoms in total. The fourth-order valence-electron chi connectivity index (χ4n) is 5.82. The number of hydrogen-bond donors (Lipinski definition) is 2. The number of likely N-dealkylation sites (tertiary alicyclic amines) is 1. The van der Waals surface area contributed by atoms with E-state index in [1.807, 2.05) is 18.2 Å². The summed E-state index contributed by atoms with van der Waals surface area (Å²) in [7, 11) is 0. The van der Waals surface area contributed by atoms with Crippen LogP contribution in [-0.4, -0.2) is 35.8 Å². The number of halogens is 1. The Balaban J connectivity index is 1.61. The zero-order valence-electron chi connectivity index (χ0n) is 21.0. The summed E-state index contributed by atoms with van der Waals surface area (Å²) in [5.74, 6) is 0.953. The molecule has 0 aliphatic carbocycles. The Hall–Kier alpha value is -2.53. The van der Waals surface area contributed by atoms with Gasteiger partial charge in [-0.05, 0) is 92.9 Å². The molecule has 0 bridgehead atoms. The first-order valence-electron chi connectivity index (χ1n) is 12.8. The molecule has 35 heavy (non-hydrogen) atoms. The van der Waals surface area contributed by atoms with Gasteiger partial charge in [0.15, 0.2) is 0 Å². The summed E-state index contributed by atoms with van der Waals surface area (Å²) < 4.78 is 0. The van der Waals surface area contributed by atoms with Gasteiger partial charge >= 0.3 is 0 Å². The average Bonchev–Trinajstić information content (AvgIpc) is 2.84. The van der Waals surface area contributed by atoms with Crippen LogP contribution in [0.4, 0.5) is 11.4 Å². The van der Waals surface area contributed by atoms with E-state index in [2.05, 4.69) is 66.2 Å². The topological polar surface area (TPSA) is 38.7 Å². The molecule has 0 aromatic heterocycles. The van der Waals surface area contributed by atoms with Gasteiger partial charge in [-0.2, -0.15) is 0 Å². The molecule has 3 aromatic rings. The number of fused-ring (bicyclic) bond motifs is 1. The number of para-hydroxylation sites is 1. The van der Waals surface area contributed by atoms with Crippen LogP contribution in [0.1, 0.15) is 43.4 Å². The van der Waals surface area contributed by atoms with E-state index in [1.54, 1.807) is 6.07 Å². The van der Waals surface area contributed by atoms with E-state index in [0.717, 1.165) is 47.0 Å². The normalized spacial score (nSPS) is 18.7. The van der Waals surface area contributed by atoms with E-state index in [4.69, 9.17) is 11.6 Å². The zero-order valence-corrected chi connectivity index (χ0v) is 21.8. The van der Waals surface area contributed by atoms with Crippen molar-refractivity contribution in [3.8, 4) is 16.9 Å². The molecule has 2 aliphatic rings. The first-order valence-corrected chi connectivity index (χ1v) is 13.2. The highest BCUT2D eigenvalue weighted by Gasteiger charge is 2.27. The molecule has 184 valence electrons. The van der Waals surface area contributed by atoms with E-state index in [-0.39, 0.29) is 0 Å². The Morgan fingerprint density at radius 3 is 2.69 bits per heavy atom. The number of aryl methyl sites for hydroxylation is 1. The maximum atomic E-state index is 10.8. The molecule has 0 spiro atoms. The second-order valence-electron chi connectivity index (χ2n) is 10.4. The van der Waals surface area contributed by atoms with Crippen molar-refractivity contribution in [2.45, 2.75) is 52.6 Å². The van der Waals surface area contributed by atoms with Crippen LogP contribution < -0.4 is 10.2 Å². The fraction of sp³-hybridized carbons (Fsp3) is 0.400. The van der Waals surface area contributed by atoms with Gasteiger partial charge in [-0.25, -0.2) is 0 Å². The van der Waals surface area contributed by atoms with E-state index >= 15 is 0 Å². The largest absolute Gasteiger partial charge is 0.506 e. The van der Waals surface area contributed by atoms with Crippen molar-refractivity contribution >= 4 is 23.0 Å². The van der Waals surface area contributed by atoms with Crippen molar-refractivity contribution in [2.75, 3.05) is 24.7 Å². The van der Waals surface area contributed by atoms with Crippen molar-refractivity contribution in [3.63, 3.8) is 0 Å². The molecule has 0 radical (unpaired) electrons. The fourth-order valence-corrected chi connectivity index (χ4v) is 6.06. The number of benzene rings is 3. The van der Waals surface area contributed by atoms with Crippen LogP contribution in [0.25, 0.3) is 11.1 Å². The number of nitrogens with one attached hydrogen (secondary N) is 1. The van der Waals surface area contributed by atoms with Gasteiger partial charge in [0.1, 0.15) is 5.75 Å². The van der Waals surface area contributed by atoms with Crippen molar-refractivity contribution in [2.24, 2.45) is 5.92 Å². The van der Waals surface area contributed by atoms with E-state index in [1.165, 1.54) is 36.1 Å². The minimum absolute atomic E-state index is 0.309. The summed E-state index contributed by atoms with van der Waals surface area (Å²) in [6.07, 6.45) is 3.58. The number of phenolic OH excluding ortho intramolecular Hbond substituents is 1. The summed E-state index contributed by atoms with van der Waals surface area (Å²) in [6, 6.07) is 19.2. The van der Waals surface area contributed by atoms with Gasteiger partial charge < -0.3 is 14.9 Å². The van der Waals surface area contributed by atoms with Gasteiger partial charge in [0, 0.05) is 35.4 Å². The third kappa shape index (κ3) is 4.93. The van der Waals surface area contributed by atoms with Crippen molar-refractivity contribution < 1.29 is 5.11 Å². The smallest absolute Gasteiger partial charge is 0.139 e. The third-order valence-electron chi connectivity index (χ3n) is 7.60. The molecular formula is C30H36ClN3O. The van der Waals surface area contributed by atoms with Gasteiger partial charge in [0.25, 0.3) is 0 Å². The van der Waals surface area contributed by atoms with Crippen molar-refractivity contribution in [3.05, 3.63) is 76.3 Å². The molecular weight excluding hydrogens is 454 g/mol. The third-order valence-corrected chi connectivity index (χ3v) is 7.93. The molecule has 2 heterocycles. The molecule has 3 aromatic carbocycles. The number of aromatic hydroxyl groups is 1. The Morgan fingerprint density at radius 2 is 1.91 bits per heavy atom. The molecule has 5 heteroatoms. The second-order valence-corrected chi connectivity index (χ2v) is 10.8. The molecule has 1 fully saturated rings. The minimum atomic E-state index is 0.309. The van der Waals surface area contributed by atoms with Gasteiger partial charge in [-0.15, -0.1) is 0 Å². The molecule has 2 aliphatic heterocycles. The monoisotopic (exact) mass is 489 g/mol. The number of piperidine rings is 1. The summed E-state index contributed by atoms with van der Waals surface area (Å²) in [5, 5.41) is 15.1. The predicted octanol–water partition coefficient (Wildman–Crippen LogP) is 6.88. The summed E-state index contributed by atoms with van der Waals surface area (Å²) in [6.45, 7) is 10.4. The molecule has 0 amide bonds. The molecule has 2 N–H and O–H groups in total. The highest BCUT2D eigenvalue weighted by molar-refractivity contribution is 6.33. The van der Waals surface area contributed by atoms with Crippen molar-refractivity contribution in [1.29, 1.82) is 0 Å². The van der Waals surface area contributed by atoms with Gasteiger partial charge in [0.05, 0.1) is 12.4 Å². The average molecular weight is 490 g/mol. The quantitative estimate of drug-likeness (QED) is 0.409. The van der Waals surface area contributed by atoms with Crippen LogP contribution in [0, 0.1) is 12.8 Å². The summed E-state index contributed by atoms with van der Waals surface area (Å²) in [4.78, 5) is 4.85. The highest BCUT2D eigenvalue weighted by atomic mass is 35.5. The highest BCUT2D eigenvalue weighted by Crippen LogP contribution is 2.43. The van der Waals surface area contributed by atoms with Crippen LogP contribution in [0.15, 0.2) is 54.6 Å². The first-order chi connectivity index (χ1) is 16.9. The lowest BCUT2D eigenvalue weighted by Crippen LogP contribution is -2.40. The van der Waals surface area contributed by atoms with Gasteiger partial charge in [-0.3, -0.25) is 5.32 Å². The Labute approximate surface area is 214 Å². The van der Waals surface area contributed by atoms with Crippen LogP contribution >= 0.6 is 11.6 Å². The summed E-state index contributed by atoms with van der Waals surface area (Å²) in [5.41, 5.74) is 7.91. The van der Waals surface area contributed by atoms with Gasteiger partial charge in [0.2, 0.25) is 0 Å². The van der Waals surface area contributed by atoms with Gasteiger partial charge in [-0.1, -0.05) is 48.0 Å². The lowest BCUT2D eigenvalue weighted by atomic mass is 9.87.